The molecule has 2 N–H and O–H groups in total. The molecular weight excluding hydrogens is 328 g/mol. The van der Waals surface area contributed by atoms with Crippen LogP contribution < -0.4 is 10.5 Å². The van der Waals surface area contributed by atoms with Gasteiger partial charge in [-0.2, -0.15) is 0 Å². The number of hydrogen-bond acceptors (Lipinski definition) is 2. The summed E-state index contributed by atoms with van der Waals surface area (Å²) < 4.78 is 32.4. The lowest BCUT2D eigenvalue weighted by atomic mass is 9.99. The molecule has 0 spiro atoms. The van der Waals surface area contributed by atoms with Gasteiger partial charge < -0.3 is 10.5 Å². The molecule has 0 saturated carbocycles. The normalized spacial score (nSPS) is 12.2. The molecule has 5 heteroatoms. The first-order valence-corrected chi connectivity index (χ1v) is 6.83. The van der Waals surface area contributed by atoms with Crippen molar-refractivity contribution < 1.29 is 13.5 Å². The highest BCUT2D eigenvalue weighted by atomic mass is 79.9. The molecule has 20 heavy (non-hydrogen) atoms. The molecule has 0 aliphatic heterocycles. The maximum atomic E-state index is 13.6. The molecule has 1 atom stereocenters. The molecule has 2 aromatic carbocycles. The lowest BCUT2D eigenvalue weighted by Gasteiger charge is -2.14. The Balaban J connectivity index is 2.19. The molecule has 1 unspecified atom stereocenters. The van der Waals surface area contributed by atoms with E-state index in [1.807, 2.05) is 12.1 Å². The van der Waals surface area contributed by atoms with E-state index < -0.39 is 11.6 Å². The highest BCUT2D eigenvalue weighted by Gasteiger charge is 2.12. The molecule has 2 rings (SSSR count). The second-order valence-corrected chi connectivity index (χ2v) is 5.29. The fraction of sp³-hybridized carbons (Fsp3) is 0.200. The van der Waals surface area contributed by atoms with E-state index >= 15 is 0 Å². The predicted molar refractivity (Wildman–Crippen MR) is 77.7 cm³/mol. The van der Waals surface area contributed by atoms with Crippen molar-refractivity contribution in [2.75, 3.05) is 7.11 Å². The first-order chi connectivity index (χ1) is 9.51. The standard InChI is InChI=1S/C15H14BrF2NO/c1-20-15-5-3-10(6-12(15)16)14(19)7-9-2-4-11(17)8-13(9)18/h2-6,8,14H,7,19H2,1H3. The largest absolute Gasteiger partial charge is 0.496 e. The van der Waals surface area contributed by atoms with Crippen molar-refractivity contribution in [3.05, 3.63) is 63.6 Å². The molecule has 0 bridgehead atoms. The van der Waals surface area contributed by atoms with Gasteiger partial charge in [-0.1, -0.05) is 12.1 Å². The van der Waals surface area contributed by atoms with Crippen molar-refractivity contribution in [1.82, 2.24) is 0 Å². The molecule has 106 valence electrons. The zero-order chi connectivity index (χ0) is 14.7. The Hall–Kier alpha value is -1.46. The fourth-order valence-electron chi connectivity index (χ4n) is 1.96. The molecule has 0 aliphatic carbocycles. The van der Waals surface area contributed by atoms with E-state index in [0.717, 1.165) is 16.1 Å². The van der Waals surface area contributed by atoms with Gasteiger partial charge in [0.25, 0.3) is 0 Å². The van der Waals surface area contributed by atoms with Crippen LogP contribution in [0.1, 0.15) is 17.2 Å². The second kappa shape index (κ2) is 6.33. The third-order valence-electron chi connectivity index (χ3n) is 3.06. The predicted octanol–water partition coefficient (Wildman–Crippen LogP) is 3.98. The van der Waals surface area contributed by atoms with Crippen molar-refractivity contribution in [3.8, 4) is 5.75 Å². The maximum Gasteiger partial charge on any atom is 0.133 e. The van der Waals surface area contributed by atoms with Gasteiger partial charge >= 0.3 is 0 Å². The van der Waals surface area contributed by atoms with Crippen LogP contribution in [0.2, 0.25) is 0 Å². The Bertz CT molecular complexity index is 619. The van der Waals surface area contributed by atoms with Crippen molar-refractivity contribution in [3.63, 3.8) is 0 Å². The Kier molecular flexibility index (Phi) is 4.73. The molecule has 2 aromatic rings. The molecular formula is C15H14BrF2NO. The van der Waals surface area contributed by atoms with Gasteiger partial charge in [-0.3, -0.25) is 0 Å². The van der Waals surface area contributed by atoms with Crippen LogP contribution >= 0.6 is 15.9 Å². The third kappa shape index (κ3) is 3.35. The molecule has 0 saturated heterocycles. The summed E-state index contributed by atoms with van der Waals surface area (Å²) in [5.74, 6) is -0.464. The zero-order valence-electron chi connectivity index (χ0n) is 10.9. The van der Waals surface area contributed by atoms with Crippen molar-refractivity contribution in [2.24, 2.45) is 5.73 Å². The minimum absolute atomic E-state index is 0.297. The quantitative estimate of drug-likeness (QED) is 0.912. The highest BCUT2D eigenvalue weighted by molar-refractivity contribution is 9.10. The summed E-state index contributed by atoms with van der Waals surface area (Å²) in [6, 6.07) is 8.60. The summed E-state index contributed by atoms with van der Waals surface area (Å²) in [6.45, 7) is 0. The number of hydrogen-bond donors (Lipinski definition) is 1. The van der Waals surface area contributed by atoms with Crippen LogP contribution in [0, 0.1) is 11.6 Å². The SMILES string of the molecule is COc1ccc(C(N)Cc2ccc(F)cc2F)cc1Br. The van der Waals surface area contributed by atoms with Gasteiger partial charge in [0.2, 0.25) is 0 Å². The van der Waals surface area contributed by atoms with Crippen LogP contribution in [0.3, 0.4) is 0 Å². The van der Waals surface area contributed by atoms with E-state index in [-0.39, 0.29) is 6.04 Å². The first kappa shape index (κ1) is 14.9. The van der Waals surface area contributed by atoms with Gasteiger partial charge in [0.15, 0.2) is 0 Å². The third-order valence-corrected chi connectivity index (χ3v) is 3.68. The van der Waals surface area contributed by atoms with Crippen LogP contribution in [0.25, 0.3) is 0 Å². The molecule has 0 fully saturated rings. The molecule has 0 aliphatic rings. The summed E-state index contributed by atoms with van der Waals surface area (Å²) in [7, 11) is 1.58. The van der Waals surface area contributed by atoms with E-state index in [4.69, 9.17) is 10.5 Å². The fourth-order valence-corrected chi connectivity index (χ4v) is 2.51. The van der Waals surface area contributed by atoms with Crippen LogP contribution in [-0.4, -0.2) is 7.11 Å². The van der Waals surface area contributed by atoms with Crippen molar-refractivity contribution in [2.45, 2.75) is 12.5 Å². The van der Waals surface area contributed by atoms with Crippen LogP contribution in [0.15, 0.2) is 40.9 Å². The minimum atomic E-state index is -0.591. The number of benzene rings is 2. The Morgan fingerprint density at radius 1 is 1.20 bits per heavy atom. The van der Waals surface area contributed by atoms with E-state index in [1.54, 1.807) is 13.2 Å². The molecule has 0 amide bonds. The summed E-state index contributed by atoms with van der Waals surface area (Å²) >= 11 is 3.38. The molecule has 0 aromatic heterocycles. The summed E-state index contributed by atoms with van der Waals surface area (Å²) in [5, 5.41) is 0. The smallest absolute Gasteiger partial charge is 0.133 e. The summed E-state index contributed by atoms with van der Waals surface area (Å²) in [6.07, 6.45) is 0.297. The molecule has 0 radical (unpaired) electrons. The van der Waals surface area contributed by atoms with Gasteiger partial charge in [0.05, 0.1) is 11.6 Å². The summed E-state index contributed by atoms with van der Waals surface area (Å²) in [4.78, 5) is 0. The van der Waals surface area contributed by atoms with Gasteiger partial charge in [-0.05, 0) is 51.7 Å². The molecule has 0 heterocycles. The molecule has 2 nitrogen and oxygen atoms in total. The van der Waals surface area contributed by atoms with Crippen LogP contribution in [0.4, 0.5) is 8.78 Å². The number of ether oxygens (including phenoxy) is 1. The monoisotopic (exact) mass is 341 g/mol. The number of nitrogens with two attached hydrogens (primary N) is 1. The average Bonchev–Trinajstić information content (AvgIpc) is 2.41. The number of halogens is 3. The van der Waals surface area contributed by atoms with Gasteiger partial charge in [0, 0.05) is 12.1 Å². The maximum absolute atomic E-state index is 13.6. The lowest BCUT2D eigenvalue weighted by molar-refractivity contribution is 0.412. The Labute approximate surface area is 124 Å². The van der Waals surface area contributed by atoms with Crippen LogP contribution in [-0.2, 0) is 6.42 Å². The van der Waals surface area contributed by atoms with Crippen molar-refractivity contribution >= 4 is 15.9 Å². The van der Waals surface area contributed by atoms with E-state index in [1.165, 1.54) is 12.1 Å². The Morgan fingerprint density at radius 3 is 2.55 bits per heavy atom. The van der Waals surface area contributed by atoms with Crippen molar-refractivity contribution in [1.29, 1.82) is 0 Å². The Morgan fingerprint density at radius 2 is 1.95 bits per heavy atom. The van der Waals surface area contributed by atoms with E-state index in [2.05, 4.69) is 15.9 Å². The summed E-state index contributed by atoms with van der Waals surface area (Å²) in [5.41, 5.74) is 7.32. The second-order valence-electron chi connectivity index (χ2n) is 4.44. The van der Waals surface area contributed by atoms with Gasteiger partial charge in [-0.15, -0.1) is 0 Å². The number of rotatable bonds is 4. The number of methoxy groups -OCH3 is 1. The van der Waals surface area contributed by atoms with E-state index in [9.17, 15) is 8.78 Å². The van der Waals surface area contributed by atoms with E-state index in [0.29, 0.717) is 17.7 Å². The lowest BCUT2D eigenvalue weighted by Crippen LogP contribution is -2.14. The minimum Gasteiger partial charge on any atom is -0.496 e. The zero-order valence-corrected chi connectivity index (χ0v) is 12.5. The van der Waals surface area contributed by atoms with Gasteiger partial charge in [-0.25, -0.2) is 8.78 Å². The average molecular weight is 342 g/mol. The topological polar surface area (TPSA) is 35.2 Å². The highest BCUT2D eigenvalue weighted by Crippen LogP contribution is 2.28. The van der Waals surface area contributed by atoms with Gasteiger partial charge in [0.1, 0.15) is 17.4 Å². The first-order valence-electron chi connectivity index (χ1n) is 6.04. The van der Waals surface area contributed by atoms with Crippen LogP contribution in [0.5, 0.6) is 5.75 Å².